The van der Waals surface area contributed by atoms with Crippen LogP contribution in [-0.2, 0) is 6.54 Å². The normalized spacial score (nSPS) is 28.0. The molecule has 1 unspecified atom stereocenters. The van der Waals surface area contributed by atoms with Crippen molar-refractivity contribution in [1.82, 2.24) is 14.8 Å². The predicted octanol–water partition coefficient (Wildman–Crippen LogP) is 2.70. The van der Waals surface area contributed by atoms with Gasteiger partial charge in [0.05, 0.1) is 5.69 Å². The van der Waals surface area contributed by atoms with Gasteiger partial charge in [0.15, 0.2) is 0 Å². The third kappa shape index (κ3) is 2.79. The van der Waals surface area contributed by atoms with Crippen molar-refractivity contribution in [1.29, 1.82) is 0 Å². The molecule has 2 fully saturated rings. The summed E-state index contributed by atoms with van der Waals surface area (Å²) in [6.45, 7) is 9.59. The summed E-state index contributed by atoms with van der Waals surface area (Å²) in [5.74, 6) is 0. The van der Waals surface area contributed by atoms with Crippen LogP contribution in [0.2, 0.25) is 0 Å². The van der Waals surface area contributed by atoms with Gasteiger partial charge >= 0.3 is 0 Å². The first-order valence-corrected chi connectivity index (χ1v) is 7.81. The van der Waals surface area contributed by atoms with E-state index >= 15 is 0 Å². The molecule has 1 spiro atoms. The molecule has 1 aromatic rings. The highest BCUT2D eigenvalue weighted by molar-refractivity contribution is 5.06. The van der Waals surface area contributed by atoms with E-state index < -0.39 is 0 Å². The number of hydrogen-bond donors (Lipinski definition) is 0. The highest BCUT2D eigenvalue weighted by Gasteiger charge is 2.43. The van der Waals surface area contributed by atoms with Crippen molar-refractivity contribution in [3.8, 4) is 0 Å². The summed E-state index contributed by atoms with van der Waals surface area (Å²) in [5.41, 5.74) is 1.60. The third-order valence-electron chi connectivity index (χ3n) is 4.84. The quantitative estimate of drug-likeness (QED) is 0.785. The fourth-order valence-electron chi connectivity index (χ4n) is 3.96. The molecule has 3 heteroatoms. The number of likely N-dealkylation sites (tertiary alicyclic amines) is 2. The van der Waals surface area contributed by atoms with Crippen molar-refractivity contribution >= 4 is 0 Å². The van der Waals surface area contributed by atoms with Gasteiger partial charge in [0.1, 0.15) is 0 Å². The molecule has 3 heterocycles. The molecular formula is C17H25N3. The molecule has 20 heavy (non-hydrogen) atoms. The Morgan fingerprint density at radius 2 is 2.10 bits per heavy atom. The smallest absolute Gasteiger partial charge is 0.0543 e. The average Bonchev–Trinajstić information content (AvgIpc) is 2.83. The van der Waals surface area contributed by atoms with Crippen molar-refractivity contribution in [2.45, 2.75) is 37.8 Å². The topological polar surface area (TPSA) is 19.4 Å². The standard InChI is InChI=1S/C17H25N3/c1-2-11-20-13-6-9-17(20)8-5-12-19(15-17)14-16-7-3-4-10-18-16/h2-4,7,10H,1,5-6,8-9,11-15H2. The summed E-state index contributed by atoms with van der Waals surface area (Å²) in [4.78, 5) is 9.72. The first-order chi connectivity index (χ1) is 9.82. The molecule has 0 N–H and O–H groups in total. The summed E-state index contributed by atoms with van der Waals surface area (Å²) in [5, 5.41) is 0. The van der Waals surface area contributed by atoms with Gasteiger partial charge in [-0.05, 0) is 50.9 Å². The molecule has 0 radical (unpaired) electrons. The molecule has 1 atom stereocenters. The lowest BCUT2D eigenvalue weighted by Gasteiger charge is -2.45. The summed E-state index contributed by atoms with van der Waals surface area (Å²) < 4.78 is 0. The minimum absolute atomic E-state index is 0.404. The molecule has 0 amide bonds. The zero-order valence-electron chi connectivity index (χ0n) is 12.3. The monoisotopic (exact) mass is 271 g/mol. The Bertz CT molecular complexity index is 445. The van der Waals surface area contributed by atoms with E-state index in [2.05, 4.69) is 39.6 Å². The van der Waals surface area contributed by atoms with Gasteiger partial charge in [-0.3, -0.25) is 14.8 Å². The van der Waals surface area contributed by atoms with Crippen LogP contribution in [-0.4, -0.2) is 46.5 Å². The molecule has 2 saturated heterocycles. The maximum Gasteiger partial charge on any atom is 0.0543 e. The van der Waals surface area contributed by atoms with Crippen LogP contribution >= 0.6 is 0 Å². The summed E-state index contributed by atoms with van der Waals surface area (Å²) in [6.07, 6.45) is 9.30. The highest BCUT2D eigenvalue weighted by atomic mass is 15.3. The zero-order chi connectivity index (χ0) is 13.8. The number of nitrogens with zero attached hydrogens (tertiary/aromatic N) is 3. The van der Waals surface area contributed by atoms with Gasteiger partial charge in [-0.2, -0.15) is 0 Å². The molecule has 0 aliphatic carbocycles. The van der Waals surface area contributed by atoms with Gasteiger partial charge in [-0.25, -0.2) is 0 Å². The first-order valence-electron chi connectivity index (χ1n) is 7.81. The van der Waals surface area contributed by atoms with E-state index in [1.807, 2.05) is 12.3 Å². The van der Waals surface area contributed by atoms with Crippen LogP contribution in [0.3, 0.4) is 0 Å². The summed E-state index contributed by atoms with van der Waals surface area (Å²) >= 11 is 0. The van der Waals surface area contributed by atoms with Crippen LogP contribution in [0.15, 0.2) is 37.1 Å². The number of rotatable bonds is 4. The Morgan fingerprint density at radius 1 is 1.25 bits per heavy atom. The second-order valence-electron chi connectivity index (χ2n) is 6.20. The SMILES string of the molecule is C=CCN1CCCC12CCCN(Cc1ccccn1)C2. The van der Waals surface area contributed by atoms with Crippen LogP contribution in [0.25, 0.3) is 0 Å². The molecule has 3 nitrogen and oxygen atoms in total. The maximum absolute atomic E-state index is 4.47. The lowest BCUT2D eigenvalue weighted by molar-refractivity contribution is 0.0444. The van der Waals surface area contributed by atoms with Crippen molar-refractivity contribution in [2.75, 3.05) is 26.2 Å². The van der Waals surface area contributed by atoms with E-state index in [1.165, 1.54) is 51.0 Å². The average molecular weight is 271 g/mol. The van der Waals surface area contributed by atoms with E-state index in [4.69, 9.17) is 0 Å². The minimum atomic E-state index is 0.404. The second-order valence-corrected chi connectivity index (χ2v) is 6.20. The molecule has 0 bridgehead atoms. The van der Waals surface area contributed by atoms with Gasteiger partial charge in [0.2, 0.25) is 0 Å². The van der Waals surface area contributed by atoms with Gasteiger partial charge < -0.3 is 0 Å². The van der Waals surface area contributed by atoms with Crippen LogP contribution < -0.4 is 0 Å². The van der Waals surface area contributed by atoms with Crippen LogP contribution in [0, 0.1) is 0 Å². The van der Waals surface area contributed by atoms with Crippen LogP contribution in [0.5, 0.6) is 0 Å². The number of hydrogen-bond acceptors (Lipinski definition) is 3. The lowest BCUT2D eigenvalue weighted by Crippen LogP contribution is -2.55. The zero-order valence-corrected chi connectivity index (χ0v) is 12.3. The Kier molecular flexibility index (Phi) is 4.18. The fraction of sp³-hybridized carbons (Fsp3) is 0.588. The van der Waals surface area contributed by atoms with Crippen molar-refractivity contribution in [2.24, 2.45) is 0 Å². The molecule has 2 aliphatic rings. The Labute approximate surface area is 122 Å². The summed E-state index contributed by atoms with van der Waals surface area (Å²) in [7, 11) is 0. The van der Waals surface area contributed by atoms with Crippen LogP contribution in [0.1, 0.15) is 31.4 Å². The number of piperidine rings is 1. The summed E-state index contributed by atoms with van der Waals surface area (Å²) in [6, 6.07) is 6.21. The van der Waals surface area contributed by atoms with Crippen LogP contribution in [0.4, 0.5) is 0 Å². The minimum Gasteiger partial charge on any atom is -0.296 e. The molecule has 108 valence electrons. The predicted molar refractivity (Wildman–Crippen MR) is 82.5 cm³/mol. The second kappa shape index (κ2) is 6.06. The Hall–Kier alpha value is -1.19. The number of aromatic nitrogens is 1. The van der Waals surface area contributed by atoms with Crippen molar-refractivity contribution in [3.05, 3.63) is 42.7 Å². The maximum atomic E-state index is 4.47. The molecule has 0 saturated carbocycles. The lowest BCUT2D eigenvalue weighted by atomic mass is 9.86. The first kappa shape index (κ1) is 13.8. The van der Waals surface area contributed by atoms with Gasteiger partial charge in [0, 0.05) is 31.4 Å². The van der Waals surface area contributed by atoms with E-state index in [-0.39, 0.29) is 0 Å². The van der Waals surface area contributed by atoms with Gasteiger partial charge in [-0.1, -0.05) is 12.1 Å². The van der Waals surface area contributed by atoms with Crippen molar-refractivity contribution < 1.29 is 0 Å². The molecule has 2 aliphatic heterocycles. The molecule has 0 aromatic carbocycles. The number of pyridine rings is 1. The highest BCUT2D eigenvalue weighted by Crippen LogP contribution is 2.37. The molecular weight excluding hydrogens is 246 g/mol. The Balaban J connectivity index is 1.68. The van der Waals surface area contributed by atoms with E-state index in [9.17, 15) is 0 Å². The largest absolute Gasteiger partial charge is 0.296 e. The van der Waals surface area contributed by atoms with E-state index in [1.54, 1.807) is 0 Å². The van der Waals surface area contributed by atoms with Crippen molar-refractivity contribution in [3.63, 3.8) is 0 Å². The van der Waals surface area contributed by atoms with E-state index in [0.717, 1.165) is 13.1 Å². The fourth-order valence-corrected chi connectivity index (χ4v) is 3.96. The third-order valence-corrected chi connectivity index (χ3v) is 4.84. The van der Waals surface area contributed by atoms with E-state index in [0.29, 0.717) is 5.54 Å². The molecule has 1 aromatic heterocycles. The van der Waals surface area contributed by atoms with Gasteiger partial charge in [-0.15, -0.1) is 6.58 Å². The Morgan fingerprint density at radius 3 is 2.85 bits per heavy atom. The molecule has 3 rings (SSSR count). The van der Waals surface area contributed by atoms with Gasteiger partial charge in [0.25, 0.3) is 0 Å².